The molecule has 0 spiro atoms. The van der Waals surface area contributed by atoms with Gasteiger partial charge in [0.05, 0.1) is 7.11 Å². The molecule has 0 radical (unpaired) electrons. The van der Waals surface area contributed by atoms with Crippen molar-refractivity contribution in [3.05, 3.63) is 42.0 Å². The van der Waals surface area contributed by atoms with Crippen molar-refractivity contribution in [3.63, 3.8) is 0 Å². The fourth-order valence-electron chi connectivity index (χ4n) is 7.45. The smallest absolute Gasteiger partial charge is 0.222 e. The van der Waals surface area contributed by atoms with Crippen LogP contribution in [0.1, 0.15) is 71.3 Å². The maximum absolute atomic E-state index is 13.5. The lowest BCUT2D eigenvalue weighted by Crippen LogP contribution is -2.45. The molecule has 3 atom stereocenters. The third kappa shape index (κ3) is 4.30. The van der Waals surface area contributed by atoms with Crippen LogP contribution in [0.15, 0.2) is 36.4 Å². The van der Waals surface area contributed by atoms with E-state index < -0.39 is 0 Å². The minimum atomic E-state index is -0.373. The highest BCUT2D eigenvalue weighted by molar-refractivity contribution is 5.91. The van der Waals surface area contributed by atoms with E-state index in [0.29, 0.717) is 30.7 Å². The monoisotopic (exact) mass is 462 g/mol. The minimum absolute atomic E-state index is 0.0940. The van der Waals surface area contributed by atoms with E-state index in [4.69, 9.17) is 4.74 Å². The van der Waals surface area contributed by atoms with E-state index >= 15 is 0 Å². The molecule has 5 rings (SSSR count). The lowest BCUT2D eigenvalue weighted by atomic mass is 9.65. The fraction of sp³-hybridized carbons (Fsp3) is 0.586. The van der Waals surface area contributed by atoms with E-state index in [1.165, 1.54) is 12.0 Å². The predicted octanol–water partition coefficient (Wildman–Crippen LogP) is 5.25. The van der Waals surface area contributed by atoms with Gasteiger partial charge in [-0.05, 0) is 66.4 Å². The van der Waals surface area contributed by atoms with E-state index in [9.17, 15) is 9.59 Å². The number of carbonyl (C=O) groups is 2. The summed E-state index contributed by atoms with van der Waals surface area (Å²) in [6.45, 7) is 7.91. The van der Waals surface area contributed by atoms with Crippen LogP contribution in [0.5, 0.6) is 5.75 Å². The Balaban J connectivity index is 1.35. The van der Waals surface area contributed by atoms with Gasteiger partial charge in [0, 0.05) is 36.4 Å². The Labute approximate surface area is 203 Å². The van der Waals surface area contributed by atoms with E-state index in [1.807, 2.05) is 18.2 Å². The van der Waals surface area contributed by atoms with Crippen molar-refractivity contribution in [1.29, 1.82) is 0 Å². The molecule has 2 heterocycles. The number of likely N-dealkylation sites (tertiary alicyclic amines) is 1. The number of benzene rings is 2. The Hall–Kier alpha value is -2.56. The average molecular weight is 463 g/mol. The van der Waals surface area contributed by atoms with Gasteiger partial charge in [0.25, 0.3) is 0 Å². The van der Waals surface area contributed by atoms with E-state index in [0.717, 1.165) is 48.8 Å². The van der Waals surface area contributed by atoms with E-state index in [2.05, 4.69) is 49.2 Å². The molecule has 0 unspecified atom stereocenters. The number of rotatable bonds is 6. The van der Waals surface area contributed by atoms with Gasteiger partial charge in [0.15, 0.2) is 0 Å². The summed E-state index contributed by atoms with van der Waals surface area (Å²) >= 11 is 0. The van der Waals surface area contributed by atoms with Gasteiger partial charge in [-0.25, -0.2) is 0 Å². The van der Waals surface area contributed by atoms with Gasteiger partial charge in [-0.15, -0.1) is 0 Å². The molecule has 3 fully saturated rings. The average Bonchev–Trinajstić information content (AvgIpc) is 3.27. The zero-order valence-corrected chi connectivity index (χ0v) is 21.1. The first-order valence-corrected chi connectivity index (χ1v) is 12.8. The van der Waals surface area contributed by atoms with Gasteiger partial charge in [0.2, 0.25) is 11.8 Å². The van der Waals surface area contributed by atoms with Gasteiger partial charge < -0.3 is 15.0 Å². The number of nitrogens with zero attached hydrogens (tertiary/aromatic N) is 1. The molecule has 1 N–H and O–H groups in total. The summed E-state index contributed by atoms with van der Waals surface area (Å²) < 4.78 is 5.57. The molecular weight excluding hydrogens is 424 g/mol. The van der Waals surface area contributed by atoms with Gasteiger partial charge in [-0.2, -0.15) is 0 Å². The number of amides is 2. The Morgan fingerprint density at radius 3 is 2.59 bits per heavy atom. The second kappa shape index (κ2) is 8.28. The number of nitrogens with one attached hydrogen (secondary N) is 1. The Bertz CT molecular complexity index is 1130. The molecule has 2 bridgehead atoms. The molecule has 0 aromatic heterocycles. The summed E-state index contributed by atoms with van der Waals surface area (Å²) in [5.74, 6) is 1.21. The lowest BCUT2D eigenvalue weighted by Gasteiger charge is -2.39. The van der Waals surface area contributed by atoms with Gasteiger partial charge >= 0.3 is 0 Å². The zero-order chi connectivity index (χ0) is 24.1. The van der Waals surface area contributed by atoms with Crippen LogP contribution in [0, 0.1) is 10.8 Å². The highest BCUT2D eigenvalue weighted by Crippen LogP contribution is 2.52. The summed E-state index contributed by atoms with van der Waals surface area (Å²) in [5, 5.41) is 5.51. The molecule has 2 aromatic carbocycles. The van der Waals surface area contributed by atoms with Crippen molar-refractivity contribution < 1.29 is 14.3 Å². The molecule has 182 valence electrons. The SMILES string of the molecule is COc1ccc(C[C@]2(CCC(=O)N3C[C@]4(C)C[C@@H]3CC(C)(C)C4)CCC(=O)N2)c2ccccc12. The Kier molecular flexibility index (Phi) is 5.65. The maximum atomic E-state index is 13.5. The van der Waals surface area contributed by atoms with E-state index in [1.54, 1.807) is 7.11 Å². The van der Waals surface area contributed by atoms with Crippen LogP contribution >= 0.6 is 0 Å². The number of ether oxygens (including phenoxy) is 1. The van der Waals surface area contributed by atoms with Gasteiger partial charge in [-0.1, -0.05) is 51.1 Å². The first kappa shape index (κ1) is 23.2. The first-order valence-electron chi connectivity index (χ1n) is 12.8. The number of hydrogen-bond donors (Lipinski definition) is 1. The highest BCUT2D eigenvalue weighted by Gasteiger charge is 2.51. The normalized spacial score (nSPS) is 29.9. The number of fused-ring (bicyclic) bond motifs is 3. The summed E-state index contributed by atoms with van der Waals surface area (Å²) in [7, 11) is 1.69. The van der Waals surface area contributed by atoms with Crippen molar-refractivity contribution in [2.24, 2.45) is 10.8 Å². The van der Waals surface area contributed by atoms with Crippen LogP contribution in [0.2, 0.25) is 0 Å². The molecule has 2 amide bonds. The van der Waals surface area contributed by atoms with Gasteiger partial charge in [0.1, 0.15) is 5.75 Å². The maximum Gasteiger partial charge on any atom is 0.222 e. The van der Waals surface area contributed by atoms with Crippen LogP contribution in [0.25, 0.3) is 10.8 Å². The fourth-order valence-corrected chi connectivity index (χ4v) is 7.45. The number of carbonyl (C=O) groups excluding carboxylic acids is 2. The quantitative estimate of drug-likeness (QED) is 0.638. The zero-order valence-electron chi connectivity index (χ0n) is 21.1. The van der Waals surface area contributed by atoms with Crippen LogP contribution in [-0.2, 0) is 16.0 Å². The lowest BCUT2D eigenvalue weighted by molar-refractivity contribution is -0.133. The number of methoxy groups -OCH3 is 1. The third-order valence-electron chi connectivity index (χ3n) is 8.51. The van der Waals surface area contributed by atoms with Crippen molar-refractivity contribution in [2.75, 3.05) is 13.7 Å². The Morgan fingerprint density at radius 2 is 1.88 bits per heavy atom. The van der Waals surface area contributed by atoms with Crippen LogP contribution in [0.3, 0.4) is 0 Å². The van der Waals surface area contributed by atoms with Crippen LogP contribution in [-0.4, -0.2) is 41.9 Å². The molecule has 2 aromatic rings. The van der Waals surface area contributed by atoms with Crippen LogP contribution < -0.4 is 10.1 Å². The molecule has 5 heteroatoms. The van der Waals surface area contributed by atoms with Crippen molar-refractivity contribution in [1.82, 2.24) is 10.2 Å². The summed E-state index contributed by atoms with van der Waals surface area (Å²) in [4.78, 5) is 28.0. The molecule has 3 aliphatic rings. The predicted molar refractivity (Wildman–Crippen MR) is 135 cm³/mol. The molecule has 5 nitrogen and oxygen atoms in total. The molecular formula is C29H38N2O3. The summed E-state index contributed by atoms with van der Waals surface area (Å²) in [6, 6.07) is 12.8. The molecule has 34 heavy (non-hydrogen) atoms. The minimum Gasteiger partial charge on any atom is -0.496 e. The van der Waals surface area contributed by atoms with Crippen molar-refractivity contribution in [2.45, 2.75) is 83.7 Å². The standard InChI is InChI=1S/C29H38N2O3/c1-27(2)16-21-17-28(3,18-27)19-31(21)26(33)12-14-29(13-11-25(32)30-29)15-20-9-10-24(34-4)23-8-6-5-7-22(20)23/h5-10,21H,11-19H2,1-4H3,(H,30,32)/t21-,28+,29+/m0/s1. The second-order valence-corrected chi connectivity index (χ2v) is 12.2. The van der Waals surface area contributed by atoms with Gasteiger partial charge in [-0.3, -0.25) is 9.59 Å². The molecule has 2 saturated heterocycles. The molecule has 1 aliphatic carbocycles. The van der Waals surface area contributed by atoms with Crippen LogP contribution in [0.4, 0.5) is 0 Å². The van der Waals surface area contributed by atoms with Crippen molar-refractivity contribution in [3.8, 4) is 5.75 Å². The van der Waals surface area contributed by atoms with E-state index in [-0.39, 0.29) is 22.8 Å². The molecule has 1 saturated carbocycles. The first-order chi connectivity index (χ1) is 16.1. The summed E-state index contributed by atoms with van der Waals surface area (Å²) in [6.07, 6.45) is 6.60. The second-order valence-electron chi connectivity index (χ2n) is 12.2. The Morgan fingerprint density at radius 1 is 1.12 bits per heavy atom. The molecule has 2 aliphatic heterocycles. The number of hydrogen-bond acceptors (Lipinski definition) is 3. The third-order valence-corrected chi connectivity index (χ3v) is 8.51. The topological polar surface area (TPSA) is 58.6 Å². The highest BCUT2D eigenvalue weighted by atomic mass is 16.5. The summed E-state index contributed by atoms with van der Waals surface area (Å²) in [5.41, 5.74) is 1.35. The largest absolute Gasteiger partial charge is 0.496 e. The van der Waals surface area contributed by atoms with Crippen molar-refractivity contribution >= 4 is 22.6 Å².